The Bertz CT molecular complexity index is 8310. The molecule has 0 aliphatic heterocycles. The van der Waals surface area contributed by atoms with Gasteiger partial charge < -0.3 is 18.9 Å². The Labute approximate surface area is 770 Å². The fourth-order valence-corrected chi connectivity index (χ4v) is 21.3. The number of hydrogen-bond donors (Lipinski definition) is 0. The molecule has 21 aromatic carbocycles. The molecule has 0 radical (unpaired) electrons. The minimum atomic E-state index is -0.0816. The number of benzene rings is 21. The first kappa shape index (κ1) is 78.8. The van der Waals surface area contributed by atoms with Crippen molar-refractivity contribution < 1.29 is 0 Å². The summed E-state index contributed by atoms with van der Waals surface area (Å²) in [5.41, 5.74) is 41.3. The standard InChI is InChI=1S/C65H46N2.C63H46N2/c1-65(2)60-25-12-10-22-55(60)56-38-36-52(42-61(56)65)67-62-26-13-11-24-58(62)59-37-31-48(40-64(59)67)47-19-14-18-46(39-47)45-29-34-51(35-30-45)66(50-32-27-44(28-33-50)43-15-4-3-5-16-43)63-41-49-17-6-7-20-53(49)54-21-8-9-23-57(54)63;1-63(2)59-22-11-9-20-55(59)56-39-37-54(42-60(56)63)65-61-23-12-10-21-57(61)58-38-30-50(41-62(58)65)49-19-13-18-48(40-49)47-28-35-53(36-29-47)64(51-31-24-45(25-32-51)43-14-5-3-6-15-43)52-33-26-46(27-34-52)44-16-7-4-8-17-44/h3-42H,1-2H3;3-42H,1-2H3. The van der Waals surface area contributed by atoms with Gasteiger partial charge in [0, 0.05) is 77.6 Å². The summed E-state index contributed by atoms with van der Waals surface area (Å²) in [6, 6.07) is 178. The van der Waals surface area contributed by atoms with Crippen LogP contribution in [0.5, 0.6) is 0 Å². The van der Waals surface area contributed by atoms with Gasteiger partial charge in [-0.1, -0.05) is 386 Å². The Kier molecular flexibility index (Phi) is 19.3. The van der Waals surface area contributed by atoms with Crippen LogP contribution in [0.2, 0.25) is 0 Å². The maximum atomic E-state index is 2.47. The molecule has 624 valence electrons. The van der Waals surface area contributed by atoms with E-state index in [-0.39, 0.29) is 10.8 Å². The Morgan fingerprint density at radius 3 is 0.856 bits per heavy atom. The van der Waals surface area contributed by atoms with E-state index >= 15 is 0 Å². The third-order valence-electron chi connectivity index (χ3n) is 28.0. The van der Waals surface area contributed by atoms with Crippen LogP contribution >= 0.6 is 0 Å². The second-order valence-electron chi connectivity index (χ2n) is 36.3. The third kappa shape index (κ3) is 13.7. The molecule has 0 spiro atoms. The van der Waals surface area contributed by atoms with Crippen molar-refractivity contribution >= 4 is 99.3 Å². The van der Waals surface area contributed by atoms with Crippen LogP contribution in [0.15, 0.2) is 485 Å². The zero-order valence-corrected chi connectivity index (χ0v) is 74.0. The summed E-state index contributed by atoms with van der Waals surface area (Å²) in [5, 5.41) is 9.98. The van der Waals surface area contributed by atoms with E-state index in [0.29, 0.717) is 0 Å². The SMILES string of the molecule is CC1(C)c2ccccc2-c2ccc(-n3c4ccccc4c4ccc(-c5cccc(-c6ccc(N(c7ccc(-c8ccccc8)cc7)c7cc8ccccc8c8ccccc78)cc6)c5)cc43)cc21.CC1(C)c2ccccc2-c2ccc(-n3c4ccccc4c4ccc(-c5cccc(-c6ccc(N(c7ccc(-c8ccccc8)cc7)c7ccc(-c8ccccc8)cc7)cc6)c5)cc43)cc21. The van der Waals surface area contributed by atoms with Crippen LogP contribution in [0.1, 0.15) is 49.9 Å². The van der Waals surface area contributed by atoms with Gasteiger partial charge in [-0.05, 0) is 266 Å². The first-order valence-corrected chi connectivity index (χ1v) is 45.9. The van der Waals surface area contributed by atoms with Gasteiger partial charge in [0.05, 0.1) is 27.8 Å². The molecule has 132 heavy (non-hydrogen) atoms. The lowest BCUT2D eigenvalue weighted by Gasteiger charge is -2.28. The van der Waals surface area contributed by atoms with E-state index in [0.717, 1.165) is 34.1 Å². The van der Waals surface area contributed by atoms with Crippen molar-refractivity contribution in [3.05, 3.63) is 508 Å². The molecule has 2 aromatic heterocycles. The van der Waals surface area contributed by atoms with Crippen molar-refractivity contribution in [2.24, 2.45) is 0 Å². The Balaban J connectivity index is 0.000000146. The fourth-order valence-electron chi connectivity index (χ4n) is 21.3. The molecule has 0 saturated heterocycles. The molecular weight excluding hydrogens is 1590 g/mol. The molecule has 25 rings (SSSR count). The molecule has 0 unspecified atom stereocenters. The fraction of sp³-hybridized carbons (Fsp3) is 0.0469. The summed E-state index contributed by atoms with van der Waals surface area (Å²) in [4.78, 5) is 4.76. The number of hydrogen-bond acceptors (Lipinski definition) is 2. The molecule has 4 heteroatoms. The topological polar surface area (TPSA) is 16.3 Å². The zero-order valence-electron chi connectivity index (χ0n) is 74.0. The van der Waals surface area contributed by atoms with E-state index in [4.69, 9.17) is 0 Å². The van der Waals surface area contributed by atoms with Crippen LogP contribution < -0.4 is 9.80 Å². The lowest BCUT2D eigenvalue weighted by Crippen LogP contribution is -2.15. The number of nitrogens with zero attached hydrogens (tertiary/aromatic N) is 4. The highest BCUT2D eigenvalue weighted by molar-refractivity contribution is 6.16. The quantitative estimate of drug-likeness (QED) is 0.0951. The highest BCUT2D eigenvalue weighted by Gasteiger charge is 2.38. The molecule has 0 amide bonds. The van der Waals surface area contributed by atoms with Gasteiger partial charge in [0.2, 0.25) is 0 Å². The largest absolute Gasteiger partial charge is 0.311 e. The predicted molar refractivity (Wildman–Crippen MR) is 559 cm³/mol. The predicted octanol–water partition coefficient (Wildman–Crippen LogP) is 35.1. The number of fused-ring (bicyclic) bond motifs is 15. The maximum Gasteiger partial charge on any atom is 0.0547 e. The van der Waals surface area contributed by atoms with Crippen LogP contribution in [0.25, 0.3) is 177 Å². The molecule has 2 aliphatic rings. The van der Waals surface area contributed by atoms with Crippen molar-refractivity contribution in [3.8, 4) is 112 Å². The highest BCUT2D eigenvalue weighted by atomic mass is 15.1. The van der Waals surface area contributed by atoms with Gasteiger partial charge in [-0.25, -0.2) is 0 Å². The number of para-hydroxylation sites is 2. The molecular formula is C128H92N4. The summed E-state index contributed by atoms with van der Waals surface area (Å²) in [5.74, 6) is 0. The Morgan fingerprint density at radius 2 is 0.447 bits per heavy atom. The molecule has 4 nitrogen and oxygen atoms in total. The molecule has 0 fully saturated rings. The van der Waals surface area contributed by atoms with Gasteiger partial charge in [-0.3, -0.25) is 0 Å². The first-order valence-electron chi connectivity index (χ1n) is 45.9. The van der Waals surface area contributed by atoms with Crippen LogP contribution in [0.3, 0.4) is 0 Å². The minimum absolute atomic E-state index is 0.0783. The molecule has 0 atom stereocenters. The monoisotopic (exact) mass is 1680 g/mol. The summed E-state index contributed by atoms with van der Waals surface area (Å²) in [6.07, 6.45) is 0. The summed E-state index contributed by atoms with van der Waals surface area (Å²) in [7, 11) is 0. The Hall–Kier alpha value is -16.7. The second kappa shape index (κ2) is 32.3. The van der Waals surface area contributed by atoms with E-state index in [1.807, 2.05) is 0 Å². The molecule has 0 N–H and O–H groups in total. The van der Waals surface area contributed by atoms with E-state index in [1.165, 1.54) is 199 Å². The minimum Gasteiger partial charge on any atom is -0.311 e. The normalized spacial score (nSPS) is 12.7. The highest BCUT2D eigenvalue weighted by Crippen LogP contribution is 2.53. The van der Waals surface area contributed by atoms with Crippen molar-refractivity contribution in [1.29, 1.82) is 0 Å². The first-order chi connectivity index (χ1) is 64.9. The number of rotatable bonds is 15. The van der Waals surface area contributed by atoms with Gasteiger partial charge in [0.25, 0.3) is 0 Å². The van der Waals surface area contributed by atoms with Crippen LogP contribution in [-0.4, -0.2) is 9.13 Å². The third-order valence-corrected chi connectivity index (χ3v) is 28.0. The molecule has 0 saturated carbocycles. The number of anilines is 6. The van der Waals surface area contributed by atoms with Gasteiger partial charge in [-0.2, -0.15) is 0 Å². The van der Waals surface area contributed by atoms with Crippen LogP contribution in [0, 0.1) is 0 Å². The average molecular weight is 1690 g/mol. The molecule has 0 bridgehead atoms. The second-order valence-corrected chi connectivity index (χ2v) is 36.3. The number of aromatic nitrogens is 2. The van der Waals surface area contributed by atoms with Crippen molar-refractivity contribution in [2.75, 3.05) is 9.80 Å². The Morgan fingerprint density at radius 1 is 0.167 bits per heavy atom. The molecule has 23 aromatic rings. The van der Waals surface area contributed by atoms with Gasteiger partial charge in [0.1, 0.15) is 0 Å². The van der Waals surface area contributed by atoms with Crippen LogP contribution in [-0.2, 0) is 10.8 Å². The van der Waals surface area contributed by atoms with Crippen molar-refractivity contribution in [2.45, 2.75) is 38.5 Å². The van der Waals surface area contributed by atoms with Crippen LogP contribution in [0.4, 0.5) is 34.1 Å². The smallest absolute Gasteiger partial charge is 0.0547 e. The maximum absolute atomic E-state index is 2.47. The summed E-state index contributed by atoms with van der Waals surface area (Å²) < 4.78 is 4.93. The molecule has 2 aliphatic carbocycles. The van der Waals surface area contributed by atoms with E-state index in [2.05, 4.69) is 532 Å². The van der Waals surface area contributed by atoms with Crippen molar-refractivity contribution in [3.63, 3.8) is 0 Å². The van der Waals surface area contributed by atoms with E-state index < -0.39 is 0 Å². The average Bonchev–Trinajstić information content (AvgIpc) is 1.57. The van der Waals surface area contributed by atoms with Crippen molar-refractivity contribution in [1.82, 2.24) is 9.13 Å². The van der Waals surface area contributed by atoms with Gasteiger partial charge in [0.15, 0.2) is 0 Å². The summed E-state index contributed by atoms with van der Waals surface area (Å²) >= 11 is 0. The van der Waals surface area contributed by atoms with Gasteiger partial charge in [-0.15, -0.1) is 0 Å². The zero-order chi connectivity index (χ0) is 88.1. The lowest BCUT2D eigenvalue weighted by atomic mass is 9.82. The lowest BCUT2D eigenvalue weighted by molar-refractivity contribution is 0.660. The summed E-state index contributed by atoms with van der Waals surface area (Å²) in [6.45, 7) is 9.44. The van der Waals surface area contributed by atoms with E-state index in [9.17, 15) is 0 Å². The van der Waals surface area contributed by atoms with E-state index in [1.54, 1.807) is 0 Å². The van der Waals surface area contributed by atoms with Gasteiger partial charge >= 0.3 is 0 Å². The molecule has 2 heterocycles.